The number of hydrogen-bond acceptors (Lipinski definition) is 3. The van der Waals surface area contributed by atoms with E-state index in [9.17, 15) is 4.39 Å². The summed E-state index contributed by atoms with van der Waals surface area (Å²) in [7, 11) is 0. The Morgan fingerprint density at radius 2 is 2.24 bits per heavy atom. The van der Waals surface area contributed by atoms with Crippen LogP contribution in [0.5, 0.6) is 0 Å². The highest BCUT2D eigenvalue weighted by Crippen LogP contribution is 2.23. The van der Waals surface area contributed by atoms with E-state index in [1.165, 1.54) is 6.07 Å². The van der Waals surface area contributed by atoms with Crippen molar-refractivity contribution in [3.05, 3.63) is 28.8 Å². The number of aromatic amines is 1. The zero-order valence-electron chi connectivity index (χ0n) is 9.06. The molecule has 2 aromatic rings. The van der Waals surface area contributed by atoms with Gasteiger partial charge in [-0.1, -0.05) is 11.6 Å². The molecule has 0 aliphatic carbocycles. The van der Waals surface area contributed by atoms with E-state index in [-0.39, 0.29) is 11.1 Å². The Bertz CT molecular complexity index is 509. The predicted molar refractivity (Wildman–Crippen MR) is 64.7 cm³/mol. The molecule has 2 heterocycles. The van der Waals surface area contributed by atoms with Crippen molar-refractivity contribution in [3.8, 4) is 0 Å². The van der Waals surface area contributed by atoms with Crippen LogP contribution in [0, 0.1) is 5.82 Å². The van der Waals surface area contributed by atoms with Gasteiger partial charge >= 0.3 is 0 Å². The Labute approximate surface area is 103 Å². The molecular formula is C11H12ClFN4. The highest BCUT2D eigenvalue weighted by atomic mass is 35.5. The second kappa shape index (κ2) is 4.25. The van der Waals surface area contributed by atoms with Gasteiger partial charge in [0.05, 0.1) is 22.1 Å². The number of rotatable bonds is 1. The number of imidazole rings is 1. The molecular weight excluding hydrogens is 243 g/mol. The topological polar surface area (TPSA) is 52.7 Å². The normalized spacial score (nSPS) is 20.9. The van der Waals surface area contributed by atoms with Crippen LogP contribution in [0.3, 0.4) is 0 Å². The SMILES string of the molecule is Fc1cc2[nH]c(C3CNCCN3)nc2cc1Cl. The lowest BCUT2D eigenvalue weighted by atomic mass is 10.2. The van der Waals surface area contributed by atoms with Crippen LogP contribution in [0.2, 0.25) is 5.02 Å². The van der Waals surface area contributed by atoms with Gasteiger partial charge in [-0.05, 0) is 6.07 Å². The van der Waals surface area contributed by atoms with E-state index in [1.807, 2.05) is 0 Å². The van der Waals surface area contributed by atoms with Crippen LogP contribution in [-0.4, -0.2) is 29.6 Å². The smallest absolute Gasteiger partial charge is 0.144 e. The number of piperazine rings is 1. The molecule has 1 atom stereocenters. The number of fused-ring (bicyclic) bond motifs is 1. The average Bonchev–Trinajstić information content (AvgIpc) is 2.74. The lowest BCUT2D eigenvalue weighted by Gasteiger charge is -2.22. The molecule has 1 aliphatic rings. The summed E-state index contributed by atoms with van der Waals surface area (Å²) in [4.78, 5) is 7.55. The van der Waals surface area contributed by atoms with Crippen molar-refractivity contribution in [1.82, 2.24) is 20.6 Å². The molecule has 0 amide bonds. The van der Waals surface area contributed by atoms with Crippen LogP contribution in [0.15, 0.2) is 12.1 Å². The number of nitrogens with zero attached hydrogens (tertiary/aromatic N) is 1. The Morgan fingerprint density at radius 1 is 1.35 bits per heavy atom. The fourth-order valence-corrected chi connectivity index (χ4v) is 2.19. The molecule has 3 rings (SSSR count). The summed E-state index contributed by atoms with van der Waals surface area (Å²) in [5.41, 5.74) is 1.37. The molecule has 0 spiro atoms. The van der Waals surface area contributed by atoms with Crippen molar-refractivity contribution in [2.45, 2.75) is 6.04 Å². The minimum Gasteiger partial charge on any atom is -0.341 e. The van der Waals surface area contributed by atoms with Gasteiger partial charge in [-0.2, -0.15) is 0 Å². The molecule has 1 aromatic heterocycles. The van der Waals surface area contributed by atoms with Gasteiger partial charge in [0.25, 0.3) is 0 Å². The van der Waals surface area contributed by atoms with Crippen molar-refractivity contribution in [1.29, 1.82) is 0 Å². The Morgan fingerprint density at radius 3 is 3.00 bits per heavy atom. The molecule has 0 saturated carbocycles. The number of aromatic nitrogens is 2. The van der Waals surface area contributed by atoms with Crippen LogP contribution < -0.4 is 10.6 Å². The monoisotopic (exact) mass is 254 g/mol. The van der Waals surface area contributed by atoms with Gasteiger partial charge < -0.3 is 15.6 Å². The van der Waals surface area contributed by atoms with E-state index >= 15 is 0 Å². The van der Waals surface area contributed by atoms with Gasteiger partial charge in [0.2, 0.25) is 0 Å². The van der Waals surface area contributed by atoms with Gasteiger partial charge in [0.1, 0.15) is 11.6 Å². The van der Waals surface area contributed by atoms with E-state index in [2.05, 4.69) is 20.6 Å². The number of nitrogens with one attached hydrogen (secondary N) is 3. The second-order valence-electron chi connectivity index (χ2n) is 4.12. The molecule has 4 nitrogen and oxygen atoms in total. The minimum atomic E-state index is -0.427. The van der Waals surface area contributed by atoms with Crippen molar-refractivity contribution < 1.29 is 4.39 Å². The number of hydrogen-bond donors (Lipinski definition) is 3. The number of benzene rings is 1. The number of H-pyrrole nitrogens is 1. The van der Waals surface area contributed by atoms with Gasteiger partial charge in [0, 0.05) is 25.7 Å². The van der Waals surface area contributed by atoms with Gasteiger partial charge in [-0.15, -0.1) is 0 Å². The van der Waals surface area contributed by atoms with Crippen LogP contribution >= 0.6 is 11.6 Å². The fraction of sp³-hybridized carbons (Fsp3) is 0.364. The van der Waals surface area contributed by atoms with E-state index < -0.39 is 5.82 Å². The average molecular weight is 255 g/mol. The Balaban J connectivity index is 2.00. The van der Waals surface area contributed by atoms with E-state index in [4.69, 9.17) is 11.6 Å². The van der Waals surface area contributed by atoms with Crippen LogP contribution in [0.25, 0.3) is 11.0 Å². The summed E-state index contributed by atoms with van der Waals surface area (Å²) < 4.78 is 13.3. The number of halogens is 2. The molecule has 0 radical (unpaired) electrons. The molecule has 6 heteroatoms. The third-order valence-corrected chi connectivity index (χ3v) is 3.20. The lowest BCUT2D eigenvalue weighted by Crippen LogP contribution is -2.43. The molecule has 3 N–H and O–H groups in total. The first-order chi connectivity index (χ1) is 8.24. The van der Waals surface area contributed by atoms with Crippen molar-refractivity contribution in [3.63, 3.8) is 0 Å². The summed E-state index contributed by atoms with van der Waals surface area (Å²) in [6.45, 7) is 2.67. The summed E-state index contributed by atoms with van der Waals surface area (Å²) in [5.74, 6) is 0.387. The third-order valence-electron chi connectivity index (χ3n) is 2.91. The highest BCUT2D eigenvalue weighted by Gasteiger charge is 2.18. The second-order valence-corrected chi connectivity index (χ2v) is 4.52. The molecule has 1 saturated heterocycles. The largest absolute Gasteiger partial charge is 0.341 e. The van der Waals surface area contributed by atoms with Crippen molar-refractivity contribution >= 4 is 22.6 Å². The molecule has 1 fully saturated rings. The quantitative estimate of drug-likeness (QED) is 0.724. The maximum Gasteiger partial charge on any atom is 0.144 e. The Hall–Kier alpha value is -1.17. The molecule has 1 aliphatic heterocycles. The molecule has 90 valence electrons. The van der Waals surface area contributed by atoms with Crippen molar-refractivity contribution in [2.75, 3.05) is 19.6 Å². The van der Waals surface area contributed by atoms with Gasteiger partial charge in [-0.3, -0.25) is 0 Å². The Kier molecular flexibility index (Phi) is 2.74. The van der Waals surface area contributed by atoms with E-state index in [0.717, 1.165) is 25.5 Å². The summed E-state index contributed by atoms with van der Waals surface area (Å²) >= 11 is 5.73. The van der Waals surface area contributed by atoms with Crippen LogP contribution in [-0.2, 0) is 0 Å². The molecule has 1 aromatic carbocycles. The van der Waals surface area contributed by atoms with Gasteiger partial charge in [-0.25, -0.2) is 9.37 Å². The van der Waals surface area contributed by atoms with E-state index in [0.29, 0.717) is 11.0 Å². The van der Waals surface area contributed by atoms with E-state index in [1.54, 1.807) is 6.07 Å². The molecule has 1 unspecified atom stereocenters. The fourth-order valence-electron chi connectivity index (χ4n) is 2.04. The first kappa shape index (κ1) is 11.0. The zero-order chi connectivity index (χ0) is 11.8. The standard InChI is InChI=1S/C11H12ClFN4/c12-6-3-8-9(4-7(6)13)17-11(16-8)10-5-14-1-2-15-10/h3-4,10,14-15H,1-2,5H2,(H,16,17). The predicted octanol–water partition coefficient (Wildman–Crippen LogP) is 1.59. The molecule has 0 bridgehead atoms. The third kappa shape index (κ3) is 2.01. The summed E-state index contributed by atoms with van der Waals surface area (Å²) in [5, 5.41) is 6.72. The first-order valence-corrected chi connectivity index (χ1v) is 5.90. The lowest BCUT2D eigenvalue weighted by molar-refractivity contribution is 0.418. The highest BCUT2D eigenvalue weighted by molar-refractivity contribution is 6.31. The van der Waals surface area contributed by atoms with Gasteiger partial charge in [0.15, 0.2) is 0 Å². The summed E-state index contributed by atoms with van der Waals surface area (Å²) in [6, 6.07) is 3.06. The minimum absolute atomic E-state index is 0.102. The van der Waals surface area contributed by atoms with Crippen molar-refractivity contribution in [2.24, 2.45) is 0 Å². The maximum absolute atomic E-state index is 13.3. The van der Waals surface area contributed by atoms with Crippen LogP contribution in [0.4, 0.5) is 4.39 Å². The first-order valence-electron chi connectivity index (χ1n) is 5.53. The zero-order valence-corrected chi connectivity index (χ0v) is 9.81. The summed E-state index contributed by atoms with van der Waals surface area (Å²) in [6.07, 6.45) is 0. The van der Waals surface area contributed by atoms with Crippen LogP contribution in [0.1, 0.15) is 11.9 Å². The maximum atomic E-state index is 13.3. The molecule has 17 heavy (non-hydrogen) atoms.